The second kappa shape index (κ2) is 25.0. The Hall–Kier alpha value is -1.04. The van der Waals surface area contributed by atoms with Gasteiger partial charge in [0.2, 0.25) is 0 Å². The van der Waals surface area contributed by atoms with Crippen molar-refractivity contribution in [3.8, 4) is 0 Å². The Labute approximate surface area is 265 Å². The van der Waals surface area contributed by atoms with Crippen molar-refractivity contribution in [2.75, 3.05) is 26.4 Å². The number of aliphatic carboxylic acids is 4. The van der Waals surface area contributed by atoms with Gasteiger partial charge in [0.1, 0.15) is 24.4 Å². The number of carbonyl (C=O) groups is 4. The molecule has 0 saturated carbocycles. The smallest absolute Gasteiger partial charge is 0.547 e. The molecule has 12 N–H and O–H groups in total. The Morgan fingerprint density at radius 3 is 0.600 bits per heavy atom. The number of phosphoric ester groups is 4. The predicted octanol–water partition coefficient (Wildman–Crippen LogP) is -11.6. The maximum Gasteiger partial charge on any atom is 4.00 e. The molecule has 0 aromatic heterocycles. The second-order valence-electron chi connectivity index (χ2n) is 6.48. The third kappa shape index (κ3) is 47.5. The van der Waals surface area contributed by atoms with Crippen LogP contribution in [0.5, 0.6) is 0 Å². The molecule has 0 heterocycles. The van der Waals surface area contributed by atoms with Gasteiger partial charge in [0, 0.05) is 0 Å². The molecule has 4 unspecified atom stereocenters. The number of hydrogen-bond acceptors (Lipinski definition) is 20. The minimum Gasteiger partial charge on any atom is -0.547 e. The number of aliphatic hydroxyl groups excluding tert-OH is 4. The molecule has 0 saturated heterocycles. The number of carbonyl (C=O) groups excluding carboxylic acids is 4. The van der Waals surface area contributed by atoms with Crippen LogP contribution in [-0.2, 0) is 55.5 Å². The maximum absolute atomic E-state index is 9.91. The molecule has 0 amide bonds. The normalized spacial score (nSPS) is 14.1. The van der Waals surface area contributed by atoms with Crippen LogP contribution in [0.15, 0.2) is 0 Å². The third-order valence-corrected chi connectivity index (χ3v) is 4.63. The van der Waals surface area contributed by atoms with Crippen LogP contribution in [-0.4, -0.2) is 158 Å². The van der Waals surface area contributed by atoms with Gasteiger partial charge in [-0.05, 0) is 0 Å². The van der Waals surface area contributed by atoms with Crippen molar-refractivity contribution in [3.63, 3.8) is 0 Å². The van der Waals surface area contributed by atoms with E-state index in [1.54, 1.807) is 0 Å². The quantitative estimate of drug-likeness (QED) is 0.0506. The van der Waals surface area contributed by atoms with E-state index in [9.17, 15) is 57.9 Å². The van der Waals surface area contributed by atoms with E-state index in [0.717, 1.165) is 0 Å². The predicted molar refractivity (Wildman–Crippen MR) is 122 cm³/mol. The van der Waals surface area contributed by atoms with Crippen LogP contribution in [0.1, 0.15) is 0 Å². The number of rotatable bonds is 16. The first-order valence-corrected chi connectivity index (χ1v) is 15.8. The fourth-order valence-electron chi connectivity index (χ4n) is 0.943. The fraction of sp³-hybridized carbons (Fsp3) is 0.667. The van der Waals surface area contributed by atoms with Gasteiger partial charge in [-0.25, -0.2) is 18.3 Å². The number of carboxylic acids is 4. The molecule has 0 aromatic rings. The number of aliphatic hydroxyl groups is 4. The zero-order valence-electron chi connectivity index (χ0n) is 21.3. The largest absolute Gasteiger partial charge is 4.00 e. The second-order valence-corrected chi connectivity index (χ2v) is 11.4. The van der Waals surface area contributed by atoms with E-state index in [-0.39, 0.29) is 23.9 Å². The zero-order valence-corrected chi connectivity index (χ0v) is 27.8. The maximum atomic E-state index is 9.91. The summed E-state index contributed by atoms with van der Waals surface area (Å²) >= 11 is 0. The number of carboxylic acid groups (broad SMARTS) is 4. The number of phosphoric acid groups is 4. The minimum absolute atomic E-state index is 0. The van der Waals surface area contributed by atoms with Crippen molar-refractivity contribution in [2.45, 2.75) is 24.4 Å². The summed E-state index contributed by atoms with van der Waals surface area (Å²) in [5, 5.41) is 72.3. The van der Waals surface area contributed by atoms with E-state index in [4.69, 9.17) is 59.6 Å². The Morgan fingerprint density at radius 1 is 0.422 bits per heavy atom. The summed E-state index contributed by atoms with van der Waals surface area (Å²) in [7, 11) is -18.8. The molecule has 33 heteroatoms. The summed E-state index contributed by atoms with van der Waals surface area (Å²) in [6.07, 6.45) is -8.10. The molecule has 0 rings (SSSR count). The van der Waals surface area contributed by atoms with Gasteiger partial charge in [-0.3, -0.25) is 18.1 Å². The molecular formula is C12H24O28P4Sn. The average Bonchev–Trinajstić information content (AvgIpc) is 2.81. The van der Waals surface area contributed by atoms with Gasteiger partial charge in [-0.15, -0.1) is 0 Å². The van der Waals surface area contributed by atoms with Crippen LogP contribution in [0.3, 0.4) is 0 Å². The zero-order chi connectivity index (χ0) is 36.3. The van der Waals surface area contributed by atoms with Gasteiger partial charge in [0.25, 0.3) is 0 Å². The summed E-state index contributed by atoms with van der Waals surface area (Å²) in [4.78, 5) is 103. The summed E-state index contributed by atoms with van der Waals surface area (Å²) in [6, 6.07) is 0. The van der Waals surface area contributed by atoms with Gasteiger partial charge in [0.05, 0.1) is 50.3 Å². The first kappa shape index (κ1) is 53.4. The molecule has 264 valence electrons. The van der Waals surface area contributed by atoms with Gasteiger partial charge >= 0.3 is 55.2 Å². The van der Waals surface area contributed by atoms with Crippen LogP contribution < -0.4 is 20.4 Å². The van der Waals surface area contributed by atoms with E-state index >= 15 is 0 Å². The molecule has 0 bridgehead atoms. The standard InChI is InChI=1S/4C3H7O7P.Sn/c4*4-2(3(5)6)1-10-11(7,8)9;/h4*2,4H,1H2,(H,5,6)(H2,7,8,9);/q;;;;+4/p-4. The van der Waals surface area contributed by atoms with E-state index < -0.39 is 106 Å². The Kier molecular flexibility index (Phi) is 29.7. The topological polar surface area (TPSA) is 508 Å². The van der Waals surface area contributed by atoms with Crippen LogP contribution in [0.25, 0.3) is 0 Å². The summed E-state index contributed by atoms with van der Waals surface area (Å²) in [5.74, 6) is -7.39. The van der Waals surface area contributed by atoms with Crippen LogP contribution in [0.4, 0.5) is 0 Å². The van der Waals surface area contributed by atoms with Crippen LogP contribution in [0, 0.1) is 0 Å². The number of hydrogen-bond donors (Lipinski definition) is 12. The van der Waals surface area contributed by atoms with Gasteiger partial charge in [-0.2, -0.15) is 0 Å². The van der Waals surface area contributed by atoms with Gasteiger partial charge in [-0.1, -0.05) is 0 Å². The molecule has 0 fully saturated rings. The average molecular weight is 859 g/mol. The molecule has 0 aliphatic carbocycles. The van der Waals surface area contributed by atoms with Gasteiger partial charge in [0.15, 0.2) is 0 Å². The molecule has 0 aliphatic heterocycles. The van der Waals surface area contributed by atoms with E-state index in [0.29, 0.717) is 0 Å². The Morgan fingerprint density at radius 2 is 0.533 bits per heavy atom. The van der Waals surface area contributed by atoms with Gasteiger partial charge < -0.3 is 99.2 Å². The van der Waals surface area contributed by atoms with Crippen molar-refractivity contribution in [1.29, 1.82) is 0 Å². The van der Waals surface area contributed by atoms with Crippen LogP contribution >= 0.6 is 31.3 Å². The molecule has 0 aliphatic rings. The van der Waals surface area contributed by atoms with Crippen molar-refractivity contribution in [2.24, 2.45) is 0 Å². The molecular weight excluding hydrogens is 835 g/mol. The molecule has 0 spiro atoms. The first-order chi connectivity index (χ1) is 19.3. The molecule has 4 atom stereocenters. The Bertz CT molecular complexity index is 903. The molecule has 28 nitrogen and oxygen atoms in total. The van der Waals surface area contributed by atoms with Crippen molar-refractivity contribution in [1.82, 2.24) is 0 Å². The third-order valence-electron chi connectivity index (χ3n) is 2.69. The van der Waals surface area contributed by atoms with Crippen molar-refractivity contribution in [3.05, 3.63) is 0 Å². The summed E-state index contributed by atoms with van der Waals surface area (Å²) in [6.45, 7) is -3.97. The fourth-order valence-corrected chi connectivity index (χ4v) is 2.28. The molecule has 0 radical (unpaired) electrons. The van der Waals surface area contributed by atoms with Crippen LogP contribution in [0.2, 0.25) is 0 Å². The summed E-state index contributed by atoms with van der Waals surface area (Å²) < 4.78 is 54.2. The molecule has 0 aromatic carbocycles. The van der Waals surface area contributed by atoms with E-state index in [2.05, 4.69) is 18.1 Å². The minimum atomic E-state index is -4.71. The first-order valence-electron chi connectivity index (χ1n) is 9.67. The van der Waals surface area contributed by atoms with E-state index in [1.807, 2.05) is 0 Å². The van der Waals surface area contributed by atoms with Crippen molar-refractivity contribution < 1.29 is 136 Å². The monoisotopic (exact) mass is 860 g/mol. The molecule has 45 heavy (non-hydrogen) atoms. The Balaban J connectivity index is -0.000000157. The van der Waals surface area contributed by atoms with Crippen molar-refractivity contribution >= 4 is 79.1 Å². The summed E-state index contributed by atoms with van der Waals surface area (Å²) in [5.41, 5.74) is 0. The van der Waals surface area contributed by atoms with E-state index in [1.165, 1.54) is 0 Å². The SMILES string of the molecule is O=C([O-])C(O)COP(=O)(O)O.O=C([O-])C(O)COP(=O)(O)O.O=C([O-])C(O)COP(=O)(O)O.O=C([O-])C(O)COP(=O)(O)O.[Sn+4].